The molecular formula is C15H25NO4S. The third kappa shape index (κ3) is 4.69. The number of hydrogen-bond acceptors (Lipinski definition) is 4. The first kappa shape index (κ1) is 17.9. The normalized spacial score (nSPS) is 12.1. The Hall–Kier alpha value is -1.11. The smallest absolute Gasteiger partial charge is 0.243 e. The second kappa shape index (κ2) is 7.77. The molecule has 0 atom stereocenters. The molecule has 1 rings (SSSR count). The van der Waals surface area contributed by atoms with Crippen LogP contribution >= 0.6 is 0 Å². The second-order valence-electron chi connectivity index (χ2n) is 5.46. The molecule has 0 amide bonds. The molecule has 0 fully saturated rings. The lowest BCUT2D eigenvalue weighted by atomic mass is 10.1. The van der Waals surface area contributed by atoms with Crippen LogP contribution in [0.2, 0.25) is 0 Å². The minimum absolute atomic E-state index is 0.106. The van der Waals surface area contributed by atoms with E-state index in [0.29, 0.717) is 23.8 Å². The minimum atomic E-state index is -3.55. The highest BCUT2D eigenvalue weighted by molar-refractivity contribution is 7.89. The summed E-state index contributed by atoms with van der Waals surface area (Å²) in [7, 11) is -0.429. The van der Waals surface area contributed by atoms with Gasteiger partial charge >= 0.3 is 0 Å². The van der Waals surface area contributed by atoms with Crippen LogP contribution in [0.3, 0.4) is 0 Å². The molecule has 0 aliphatic carbocycles. The fourth-order valence-corrected chi connectivity index (χ4v) is 3.39. The Balaban J connectivity index is 3.11. The quantitative estimate of drug-likeness (QED) is 0.795. The molecule has 0 saturated carbocycles. The first-order valence-electron chi connectivity index (χ1n) is 7.07. The zero-order valence-electron chi connectivity index (χ0n) is 13.2. The number of rotatable bonds is 8. The second-order valence-corrected chi connectivity index (χ2v) is 7.47. The van der Waals surface area contributed by atoms with Crippen molar-refractivity contribution in [1.29, 1.82) is 0 Å². The first-order valence-corrected chi connectivity index (χ1v) is 8.51. The van der Waals surface area contributed by atoms with Crippen molar-refractivity contribution in [3.63, 3.8) is 0 Å². The van der Waals surface area contributed by atoms with Gasteiger partial charge in [-0.3, -0.25) is 0 Å². The Bertz CT molecular complexity index is 555. The highest BCUT2D eigenvalue weighted by Crippen LogP contribution is 2.25. The molecule has 0 saturated heterocycles. The number of methoxy groups -OCH3 is 1. The molecule has 5 nitrogen and oxygen atoms in total. The SMILES string of the molecule is COc1ccc(S(=O)(=O)N(C)CCC(C)C)c(CCO)c1. The zero-order valence-corrected chi connectivity index (χ0v) is 14.0. The number of benzene rings is 1. The topological polar surface area (TPSA) is 66.8 Å². The van der Waals surface area contributed by atoms with E-state index >= 15 is 0 Å². The van der Waals surface area contributed by atoms with E-state index in [2.05, 4.69) is 13.8 Å². The number of aliphatic hydroxyl groups excluding tert-OH is 1. The van der Waals surface area contributed by atoms with Gasteiger partial charge < -0.3 is 9.84 Å². The molecule has 6 heteroatoms. The van der Waals surface area contributed by atoms with Crippen LogP contribution in [0.4, 0.5) is 0 Å². The maximum atomic E-state index is 12.6. The van der Waals surface area contributed by atoms with Crippen molar-refractivity contribution in [1.82, 2.24) is 4.31 Å². The minimum Gasteiger partial charge on any atom is -0.497 e. The summed E-state index contributed by atoms with van der Waals surface area (Å²) in [5, 5.41) is 9.14. The molecule has 1 N–H and O–H groups in total. The van der Waals surface area contributed by atoms with E-state index in [1.165, 1.54) is 11.4 Å². The predicted octanol–water partition coefficient (Wildman–Crippen LogP) is 1.90. The largest absolute Gasteiger partial charge is 0.497 e. The molecule has 21 heavy (non-hydrogen) atoms. The van der Waals surface area contributed by atoms with Gasteiger partial charge in [0.15, 0.2) is 0 Å². The van der Waals surface area contributed by atoms with Crippen molar-refractivity contribution < 1.29 is 18.3 Å². The summed E-state index contributed by atoms with van der Waals surface area (Å²) in [5.74, 6) is 1.03. The molecule has 0 heterocycles. The third-order valence-corrected chi connectivity index (χ3v) is 5.32. The number of ether oxygens (including phenoxy) is 1. The van der Waals surface area contributed by atoms with Gasteiger partial charge in [0.2, 0.25) is 10.0 Å². The van der Waals surface area contributed by atoms with Gasteiger partial charge in [0.1, 0.15) is 5.75 Å². The van der Waals surface area contributed by atoms with Gasteiger partial charge in [0.25, 0.3) is 0 Å². The van der Waals surface area contributed by atoms with Crippen molar-refractivity contribution in [2.45, 2.75) is 31.6 Å². The highest BCUT2D eigenvalue weighted by Gasteiger charge is 2.24. The van der Waals surface area contributed by atoms with Crippen LogP contribution in [0.15, 0.2) is 23.1 Å². The van der Waals surface area contributed by atoms with Crippen LogP contribution in [0.1, 0.15) is 25.8 Å². The van der Waals surface area contributed by atoms with Crippen LogP contribution in [-0.4, -0.2) is 45.1 Å². The molecule has 0 aliphatic rings. The predicted molar refractivity (Wildman–Crippen MR) is 83.1 cm³/mol. The molecular weight excluding hydrogens is 290 g/mol. The molecule has 0 bridgehead atoms. The van der Waals surface area contributed by atoms with Gasteiger partial charge in [-0.25, -0.2) is 12.7 Å². The number of aliphatic hydroxyl groups is 1. The summed E-state index contributed by atoms with van der Waals surface area (Å²) < 4.78 is 31.8. The Kier molecular flexibility index (Phi) is 6.64. The molecule has 1 aromatic rings. The van der Waals surface area contributed by atoms with Crippen molar-refractivity contribution in [2.24, 2.45) is 5.92 Å². The molecule has 120 valence electrons. The number of sulfonamides is 1. The van der Waals surface area contributed by atoms with Crippen molar-refractivity contribution in [2.75, 3.05) is 27.3 Å². The van der Waals surface area contributed by atoms with Crippen LogP contribution in [0.25, 0.3) is 0 Å². The Labute approximate surface area is 127 Å². The summed E-state index contributed by atoms with van der Waals surface area (Å²) in [6.45, 7) is 4.49. The van der Waals surface area contributed by atoms with E-state index in [4.69, 9.17) is 9.84 Å². The summed E-state index contributed by atoms with van der Waals surface area (Å²) in [6.07, 6.45) is 1.09. The number of nitrogens with zero attached hydrogens (tertiary/aromatic N) is 1. The summed E-state index contributed by atoms with van der Waals surface area (Å²) >= 11 is 0. The van der Waals surface area contributed by atoms with E-state index in [9.17, 15) is 8.42 Å². The van der Waals surface area contributed by atoms with Crippen molar-refractivity contribution in [3.8, 4) is 5.75 Å². The standard InChI is InChI=1S/C15H25NO4S/c1-12(2)7-9-16(3)21(18,19)15-6-5-14(20-4)11-13(15)8-10-17/h5-6,11-12,17H,7-10H2,1-4H3. The number of hydrogen-bond donors (Lipinski definition) is 1. The molecule has 0 spiro atoms. The van der Waals surface area contributed by atoms with Gasteiger partial charge in [-0.2, -0.15) is 0 Å². The van der Waals surface area contributed by atoms with E-state index in [0.717, 1.165) is 6.42 Å². The van der Waals surface area contributed by atoms with Crippen LogP contribution in [0, 0.1) is 5.92 Å². The highest BCUT2D eigenvalue weighted by atomic mass is 32.2. The van der Waals surface area contributed by atoms with Gasteiger partial charge in [0, 0.05) is 20.2 Å². The van der Waals surface area contributed by atoms with Crippen LogP contribution in [0.5, 0.6) is 5.75 Å². The van der Waals surface area contributed by atoms with Crippen molar-refractivity contribution >= 4 is 10.0 Å². The van der Waals surface area contributed by atoms with Gasteiger partial charge in [-0.05, 0) is 42.5 Å². The zero-order chi connectivity index (χ0) is 16.0. The van der Waals surface area contributed by atoms with E-state index < -0.39 is 10.0 Å². The maximum absolute atomic E-state index is 12.6. The molecule has 0 radical (unpaired) electrons. The van der Waals surface area contributed by atoms with Crippen LogP contribution in [-0.2, 0) is 16.4 Å². The molecule has 1 aromatic carbocycles. The van der Waals surface area contributed by atoms with Gasteiger partial charge in [-0.1, -0.05) is 13.8 Å². The fraction of sp³-hybridized carbons (Fsp3) is 0.600. The summed E-state index contributed by atoms with van der Waals surface area (Å²) in [6, 6.07) is 4.84. The molecule has 0 aliphatic heterocycles. The third-order valence-electron chi connectivity index (χ3n) is 3.36. The van der Waals surface area contributed by atoms with Gasteiger partial charge in [0.05, 0.1) is 12.0 Å². The molecule has 0 aromatic heterocycles. The lowest BCUT2D eigenvalue weighted by Gasteiger charge is -2.20. The fourth-order valence-electron chi connectivity index (χ4n) is 1.98. The average Bonchev–Trinajstić information content (AvgIpc) is 2.44. The van der Waals surface area contributed by atoms with Crippen LogP contribution < -0.4 is 4.74 Å². The van der Waals surface area contributed by atoms with Crippen molar-refractivity contribution in [3.05, 3.63) is 23.8 Å². The Morgan fingerprint density at radius 1 is 1.33 bits per heavy atom. The maximum Gasteiger partial charge on any atom is 0.243 e. The Morgan fingerprint density at radius 2 is 2.00 bits per heavy atom. The summed E-state index contributed by atoms with van der Waals surface area (Å²) in [5.41, 5.74) is 0.577. The van der Waals surface area contributed by atoms with Gasteiger partial charge in [-0.15, -0.1) is 0 Å². The first-order chi connectivity index (χ1) is 9.82. The lowest BCUT2D eigenvalue weighted by Crippen LogP contribution is -2.29. The summed E-state index contributed by atoms with van der Waals surface area (Å²) in [4.78, 5) is 0.239. The monoisotopic (exact) mass is 315 g/mol. The molecule has 0 unspecified atom stereocenters. The average molecular weight is 315 g/mol. The Morgan fingerprint density at radius 3 is 2.52 bits per heavy atom. The van der Waals surface area contributed by atoms with E-state index in [-0.39, 0.29) is 17.9 Å². The van der Waals surface area contributed by atoms with E-state index in [1.54, 1.807) is 25.2 Å². The lowest BCUT2D eigenvalue weighted by molar-refractivity contribution is 0.298. The van der Waals surface area contributed by atoms with E-state index in [1.807, 2.05) is 0 Å².